The smallest absolute Gasteiger partial charge is 0.143 e. The van der Waals surface area contributed by atoms with Crippen LogP contribution in [0.2, 0.25) is 0 Å². The van der Waals surface area contributed by atoms with Crippen LogP contribution in [-0.2, 0) is 40.6 Å². The van der Waals surface area contributed by atoms with Crippen LogP contribution in [0.15, 0.2) is 121 Å². The van der Waals surface area contributed by atoms with Gasteiger partial charge in [-0.05, 0) is 22.3 Å². The molecule has 222 valence electrons. The minimum Gasteiger partial charge on any atom is -0.377 e. The molecule has 0 N–H and O–H groups in total. The largest absolute Gasteiger partial charge is 0.377 e. The molecule has 0 aliphatic rings. The van der Waals surface area contributed by atoms with Crippen molar-refractivity contribution in [2.45, 2.75) is 12.2 Å². The molecule has 6 nitrogen and oxygen atoms in total. The Bertz CT molecular complexity index is 1110. The van der Waals surface area contributed by atoms with E-state index in [2.05, 4.69) is 36.4 Å². The maximum Gasteiger partial charge on any atom is 0.143 e. The van der Waals surface area contributed by atoms with Gasteiger partial charge in [0, 0.05) is 0 Å². The average molecular weight is 571 g/mol. The Labute approximate surface area is 250 Å². The summed E-state index contributed by atoms with van der Waals surface area (Å²) >= 11 is 0. The zero-order valence-electron chi connectivity index (χ0n) is 24.3. The number of hydrogen-bond acceptors (Lipinski definition) is 6. The summed E-state index contributed by atoms with van der Waals surface area (Å²) in [5.74, 6) is 0. The first kappa shape index (κ1) is 31.6. The third kappa shape index (κ3) is 10.2. The van der Waals surface area contributed by atoms with Crippen LogP contribution in [0.4, 0.5) is 0 Å². The second kappa shape index (κ2) is 18.9. The van der Waals surface area contributed by atoms with Crippen molar-refractivity contribution in [1.82, 2.24) is 0 Å². The monoisotopic (exact) mass is 570 g/mol. The van der Waals surface area contributed by atoms with Crippen molar-refractivity contribution < 1.29 is 28.4 Å². The standard InChI is InChI=1S/C36H42O6/c1-5-13-32(14-6-1)31-41-28-27-39-24-23-37-21-22-38-25-26-40-29-30-42-36(33-15-7-2-8-16-33,34-17-9-3-10-18-34)35-19-11-4-12-20-35/h1-20H,21-31H2. The lowest BCUT2D eigenvalue weighted by atomic mass is 9.80. The molecule has 0 aliphatic carbocycles. The van der Waals surface area contributed by atoms with E-state index >= 15 is 0 Å². The van der Waals surface area contributed by atoms with E-state index in [9.17, 15) is 0 Å². The molecule has 4 rings (SSSR count). The lowest BCUT2D eigenvalue weighted by molar-refractivity contribution is -0.0392. The SMILES string of the molecule is c1ccc(COCCOCCOCCOCCOCCOC(c2ccccc2)(c2ccccc2)c2ccccc2)cc1. The summed E-state index contributed by atoms with van der Waals surface area (Å²) in [7, 11) is 0. The molecule has 0 radical (unpaired) electrons. The molecule has 6 heteroatoms. The quantitative estimate of drug-likeness (QED) is 0.0869. The van der Waals surface area contributed by atoms with E-state index in [1.165, 1.54) is 0 Å². The summed E-state index contributed by atoms with van der Waals surface area (Å²) in [6.45, 7) is 5.69. The molecular formula is C36H42O6. The predicted octanol–water partition coefficient (Wildman–Crippen LogP) is 6.28. The lowest BCUT2D eigenvalue weighted by Gasteiger charge is -2.36. The summed E-state index contributed by atoms with van der Waals surface area (Å²) < 4.78 is 34.9. The number of hydrogen-bond donors (Lipinski definition) is 0. The van der Waals surface area contributed by atoms with Crippen molar-refractivity contribution >= 4 is 0 Å². The van der Waals surface area contributed by atoms with Gasteiger partial charge in [0.25, 0.3) is 0 Å². The highest BCUT2D eigenvalue weighted by atomic mass is 16.6. The fourth-order valence-electron chi connectivity index (χ4n) is 4.67. The Balaban J connectivity index is 1.08. The van der Waals surface area contributed by atoms with Gasteiger partial charge >= 0.3 is 0 Å². The summed E-state index contributed by atoms with van der Waals surface area (Å²) in [4.78, 5) is 0. The van der Waals surface area contributed by atoms with Crippen molar-refractivity contribution in [2.24, 2.45) is 0 Å². The van der Waals surface area contributed by atoms with Crippen molar-refractivity contribution in [3.8, 4) is 0 Å². The third-order valence-corrected chi connectivity index (χ3v) is 6.69. The van der Waals surface area contributed by atoms with Gasteiger partial charge in [0.15, 0.2) is 0 Å². The lowest BCUT2D eigenvalue weighted by Crippen LogP contribution is -2.34. The summed E-state index contributed by atoms with van der Waals surface area (Å²) in [6, 6.07) is 41.2. The van der Waals surface area contributed by atoms with Crippen LogP contribution in [-0.4, -0.2) is 66.1 Å². The molecule has 0 bridgehead atoms. The molecule has 0 spiro atoms. The van der Waals surface area contributed by atoms with E-state index in [1.807, 2.05) is 84.9 Å². The van der Waals surface area contributed by atoms with Crippen molar-refractivity contribution in [2.75, 3.05) is 66.1 Å². The first-order chi connectivity index (χ1) is 20.9. The van der Waals surface area contributed by atoms with Crippen molar-refractivity contribution in [3.63, 3.8) is 0 Å². The normalized spacial score (nSPS) is 11.5. The zero-order valence-corrected chi connectivity index (χ0v) is 24.3. The van der Waals surface area contributed by atoms with Crippen molar-refractivity contribution in [3.05, 3.63) is 144 Å². The molecule has 0 amide bonds. The highest BCUT2D eigenvalue weighted by Gasteiger charge is 2.37. The molecule has 0 saturated heterocycles. The zero-order chi connectivity index (χ0) is 29.0. The molecule has 4 aromatic carbocycles. The van der Waals surface area contributed by atoms with Gasteiger partial charge in [-0.1, -0.05) is 121 Å². The van der Waals surface area contributed by atoms with E-state index in [0.717, 1.165) is 22.3 Å². The van der Waals surface area contributed by atoms with Crippen LogP contribution in [0.5, 0.6) is 0 Å². The number of rotatable bonds is 21. The van der Waals surface area contributed by atoms with E-state index in [0.29, 0.717) is 72.7 Å². The summed E-state index contributed by atoms with van der Waals surface area (Å²) in [6.07, 6.45) is 0. The molecule has 0 atom stereocenters. The van der Waals surface area contributed by atoms with Crippen LogP contribution in [0, 0.1) is 0 Å². The third-order valence-electron chi connectivity index (χ3n) is 6.69. The highest BCUT2D eigenvalue weighted by molar-refractivity contribution is 5.47. The molecule has 0 fully saturated rings. The van der Waals surface area contributed by atoms with Gasteiger partial charge in [0.05, 0.1) is 72.7 Å². The van der Waals surface area contributed by atoms with Gasteiger partial charge in [-0.25, -0.2) is 0 Å². The Morgan fingerprint density at radius 1 is 0.333 bits per heavy atom. The Hall–Kier alpha value is -3.36. The van der Waals surface area contributed by atoms with Gasteiger partial charge in [-0.15, -0.1) is 0 Å². The second-order valence-corrected chi connectivity index (χ2v) is 9.62. The Morgan fingerprint density at radius 2 is 0.643 bits per heavy atom. The molecule has 42 heavy (non-hydrogen) atoms. The second-order valence-electron chi connectivity index (χ2n) is 9.62. The topological polar surface area (TPSA) is 55.4 Å². The Kier molecular flexibility index (Phi) is 14.2. The van der Waals surface area contributed by atoms with Crippen LogP contribution in [0.1, 0.15) is 22.3 Å². The van der Waals surface area contributed by atoms with Crippen LogP contribution < -0.4 is 0 Å². The van der Waals surface area contributed by atoms with Crippen LogP contribution in [0.3, 0.4) is 0 Å². The number of ether oxygens (including phenoxy) is 6. The molecular weight excluding hydrogens is 528 g/mol. The first-order valence-corrected chi connectivity index (χ1v) is 14.6. The first-order valence-electron chi connectivity index (χ1n) is 14.6. The predicted molar refractivity (Wildman–Crippen MR) is 165 cm³/mol. The fourth-order valence-corrected chi connectivity index (χ4v) is 4.67. The van der Waals surface area contributed by atoms with Gasteiger partial charge < -0.3 is 28.4 Å². The Morgan fingerprint density at radius 3 is 1.02 bits per heavy atom. The van der Waals surface area contributed by atoms with E-state index in [1.54, 1.807) is 0 Å². The van der Waals surface area contributed by atoms with E-state index < -0.39 is 5.60 Å². The van der Waals surface area contributed by atoms with E-state index in [-0.39, 0.29) is 0 Å². The van der Waals surface area contributed by atoms with Crippen LogP contribution >= 0.6 is 0 Å². The molecule has 0 aliphatic heterocycles. The number of benzene rings is 4. The average Bonchev–Trinajstić information content (AvgIpc) is 3.06. The van der Waals surface area contributed by atoms with Gasteiger partial charge in [0.1, 0.15) is 5.60 Å². The van der Waals surface area contributed by atoms with Gasteiger partial charge in [-0.2, -0.15) is 0 Å². The molecule has 0 heterocycles. The van der Waals surface area contributed by atoms with Gasteiger partial charge in [-0.3, -0.25) is 0 Å². The van der Waals surface area contributed by atoms with Crippen LogP contribution in [0.25, 0.3) is 0 Å². The maximum atomic E-state index is 6.72. The summed E-state index contributed by atoms with van der Waals surface area (Å²) in [5, 5.41) is 0. The molecule has 4 aromatic rings. The molecule has 0 unspecified atom stereocenters. The van der Waals surface area contributed by atoms with E-state index in [4.69, 9.17) is 28.4 Å². The maximum absolute atomic E-state index is 6.72. The highest BCUT2D eigenvalue weighted by Crippen LogP contribution is 2.40. The molecule has 0 aromatic heterocycles. The summed E-state index contributed by atoms with van der Waals surface area (Å²) in [5.41, 5.74) is 3.66. The van der Waals surface area contributed by atoms with Crippen molar-refractivity contribution in [1.29, 1.82) is 0 Å². The minimum absolute atomic E-state index is 0.430. The molecule has 0 saturated carbocycles. The van der Waals surface area contributed by atoms with Gasteiger partial charge in [0.2, 0.25) is 0 Å². The fraction of sp³-hybridized carbons (Fsp3) is 0.333. The minimum atomic E-state index is -0.736.